The van der Waals surface area contributed by atoms with E-state index < -0.39 is 0 Å². The highest BCUT2D eigenvalue weighted by Gasteiger charge is 2.58. The molecule has 1 aliphatic heterocycles. The monoisotopic (exact) mass is 300 g/mol. The molecule has 2 aliphatic rings. The second-order valence-corrected chi connectivity index (χ2v) is 7.16. The molecule has 1 spiro atoms. The summed E-state index contributed by atoms with van der Waals surface area (Å²) in [5.74, 6) is 1.21. The van der Waals surface area contributed by atoms with Gasteiger partial charge in [-0.15, -0.1) is 0 Å². The second-order valence-electron chi connectivity index (χ2n) is 7.16. The summed E-state index contributed by atoms with van der Waals surface area (Å²) < 4.78 is 5.60. The molecular weight excluding hydrogens is 280 g/mol. The third kappa shape index (κ3) is 1.96. The summed E-state index contributed by atoms with van der Waals surface area (Å²) >= 11 is 0. The lowest BCUT2D eigenvalue weighted by molar-refractivity contribution is -0.180. The lowest BCUT2D eigenvalue weighted by Crippen LogP contribution is -2.57. The summed E-state index contributed by atoms with van der Waals surface area (Å²) in [6.45, 7) is 1.85. The molecule has 2 atom stereocenters. The van der Waals surface area contributed by atoms with E-state index in [9.17, 15) is 0 Å². The molecule has 3 aromatic rings. The van der Waals surface area contributed by atoms with E-state index in [0.717, 1.165) is 13.2 Å². The Morgan fingerprint density at radius 1 is 0.739 bits per heavy atom. The van der Waals surface area contributed by atoms with Crippen LogP contribution in [0.5, 0.6) is 0 Å². The van der Waals surface area contributed by atoms with Gasteiger partial charge in [0.1, 0.15) is 0 Å². The number of fused-ring (bicyclic) bond motifs is 1. The van der Waals surface area contributed by atoms with Crippen LogP contribution in [0.1, 0.15) is 29.4 Å². The maximum Gasteiger partial charge on any atom is 0.0551 e. The van der Waals surface area contributed by atoms with Gasteiger partial charge in [0.25, 0.3) is 0 Å². The number of hydrogen-bond acceptors (Lipinski definition) is 1. The van der Waals surface area contributed by atoms with E-state index in [4.69, 9.17) is 4.74 Å². The first-order valence-corrected chi connectivity index (χ1v) is 8.47. The van der Waals surface area contributed by atoms with Gasteiger partial charge in [-0.25, -0.2) is 0 Å². The minimum atomic E-state index is 0.378. The topological polar surface area (TPSA) is 9.23 Å². The van der Waals surface area contributed by atoms with Crippen molar-refractivity contribution in [2.24, 2.45) is 5.41 Å². The highest BCUT2D eigenvalue weighted by Crippen LogP contribution is 2.64. The van der Waals surface area contributed by atoms with Crippen molar-refractivity contribution in [3.05, 3.63) is 83.9 Å². The van der Waals surface area contributed by atoms with Crippen LogP contribution in [0.3, 0.4) is 0 Å². The van der Waals surface area contributed by atoms with Crippen LogP contribution in [0, 0.1) is 5.41 Å². The fraction of sp³-hybridized carbons (Fsp3) is 0.273. The zero-order valence-electron chi connectivity index (χ0n) is 13.1. The first-order valence-electron chi connectivity index (χ1n) is 8.47. The van der Waals surface area contributed by atoms with Gasteiger partial charge in [0.2, 0.25) is 0 Å². The SMILES string of the molecule is c1ccc(C2CC3(COC3)C2c2ccc3ccccc3c2)cc1. The zero-order chi connectivity index (χ0) is 15.3. The van der Waals surface area contributed by atoms with Gasteiger partial charge in [-0.05, 0) is 34.2 Å². The van der Waals surface area contributed by atoms with Crippen LogP contribution in [-0.4, -0.2) is 13.2 Å². The van der Waals surface area contributed by atoms with Gasteiger partial charge in [0.05, 0.1) is 13.2 Å². The second kappa shape index (κ2) is 4.94. The van der Waals surface area contributed by atoms with E-state index in [1.165, 1.54) is 28.3 Å². The van der Waals surface area contributed by atoms with Crippen LogP contribution in [-0.2, 0) is 4.74 Å². The summed E-state index contributed by atoms with van der Waals surface area (Å²) in [6.07, 6.45) is 1.26. The third-order valence-electron chi connectivity index (χ3n) is 5.83. The highest BCUT2D eigenvalue weighted by atomic mass is 16.5. The number of rotatable bonds is 2. The predicted octanol–water partition coefficient (Wildman–Crippen LogP) is 5.13. The summed E-state index contributed by atoms with van der Waals surface area (Å²) in [5.41, 5.74) is 3.33. The zero-order valence-corrected chi connectivity index (χ0v) is 13.1. The molecule has 1 saturated heterocycles. The molecule has 2 unspecified atom stereocenters. The number of benzene rings is 3. The molecule has 0 radical (unpaired) electrons. The van der Waals surface area contributed by atoms with Gasteiger partial charge in [-0.3, -0.25) is 0 Å². The fourth-order valence-corrected chi connectivity index (χ4v) is 4.61. The van der Waals surface area contributed by atoms with Gasteiger partial charge in [-0.2, -0.15) is 0 Å². The van der Waals surface area contributed by atoms with Crippen LogP contribution in [0.15, 0.2) is 72.8 Å². The lowest BCUT2D eigenvalue weighted by atomic mass is 9.49. The molecule has 2 fully saturated rings. The first-order chi connectivity index (χ1) is 11.4. The van der Waals surface area contributed by atoms with Gasteiger partial charge in [0.15, 0.2) is 0 Å². The maximum absolute atomic E-state index is 5.60. The smallest absolute Gasteiger partial charge is 0.0551 e. The predicted molar refractivity (Wildman–Crippen MR) is 93.7 cm³/mol. The molecule has 23 heavy (non-hydrogen) atoms. The Balaban J connectivity index is 1.58. The normalized spacial score (nSPS) is 25.0. The van der Waals surface area contributed by atoms with Gasteiger partial charge >= 0.3 is 0 Å². The largest absolute Gasteiger partial charge is 0.380 e. The van der Waals surface area contributed by atoms with E-state index in [1.54, 1.807) is 0 Å². The fourth-order valence-electron chi connectivity index (χ4n) is 4.61. The van der Waals surface area contributed by atoms with Crippen molar-refractivity contribution in [2.45, 2.75) is 18.3 Å². The third-order valence-corrected chi connectivity index (χ3v) is 5.83. The van der Waals surface area contributed by atoms with Crippen molar-refractivity contribution in [2.75, 3.05) is 13.2 Å². The molecule has 0 aromatic heterocycles. The molecule has 1 aliphatic carbocycles. The summed E-state index contributed by atoms with van der Waals surface area (Å²) in [4.78, 5) is 0. The Hall–Kier alpha value is -2.12. The summed E-state index contributed by atoms with van der Waals surface area (Å²) in [5, 5.41) is 2.67. The molecule has 0 N–H and O–H groups in total. The summed E-state index contributed by atoms with van der Waals surface area (Å²) in [6, 6.07) is 26.7. The van der Waals surface area contributed by atoms with E-state index >= 15 is 0 Å². The Morgan fingerprint density at radius 3 is 2.22 bits per heavy atom. The first kappa shape index (κ1) is 13.3. The average Bonchev–Trinajstić information content (AvgIpc) is 2.54. The van der Waals surface area contributed by atoms with E-state index in [0.29, 0.717) is 17.3 Å². The van der Waals surface area contributed by atoms with Crippen LogP contribution < -0.4 is 0 Å². The summed E-state index contributed by atoms with van der Waals surface area (Å²) in [7, 11) is 0. The molecule has 0 bridgehead atoms. The Kier molecular flexibility index (Phi) is 2.86. The van der Waals surface area contributed by atoms with E-state index in [-0.39, 0.29) is 0 Å². The van der Waals surface area contributed by atoms with Crippen molar-refractivity contribution in [3.63, 3.8) is 0 Å². The molecule has 1 heterocycles. The Bertz CT molecular complexity index is 848. The molecule has 1 saturated carbocycles. The Morgan fingerprint density at radius 2 is 1.48 bits per heavy atom. The molecule has 1 heteroatoms. The molecule has 0 amide bonds. The molecule has 1 nitrogen and oxygen atoms in total. The molecular formula is C22H20O. The van der Waals surface area contributed by atoms with Crippen LogP contribution in [0.2, 0.25) is 0 Å². The maximum atomic E-state index is 5.60. The number of ether oxygens (including phenoxy) is 1. The quantitative estimate of drug-likeness (QED) is 0.637. The van der Waals surface area contributed by atoms with Crippen molar-refractivity contribution in [1.29, 1.82) is 0 Å². The highest BCUT2D eigenvalue weighted by molar-refractivity contribution is 5.83. The van der Waals surface area contributed by atoms with Gasteiger partial charge in [-0.1, -0.05) is 72.8 Å². The molecule has 114 valence electrons. The van der Waals surface area contributed by atoms with Crippen LogP contribution in [0.25, 0.3) is 10.8 Å². The van der Waals surface area contributed by atoms with Crippen molar-refractivity contribution in [3.8, 4) is 0 Å². The van der Waals surface area contributed by atoms with E-state index in [1.807, 2.05) is 0 Å². The van der Waals surface area contributed by atoms with Gasteiger partial charge < -0.3 is 4.74 Å². The molecule has 3 aromatic carbocycles. The van der Waals surface area contributed by atoms with E-state index in [2.05, 4.69) is 72.8 Å². The number of hydrogen-bond donors (Lipinski definition) is 0. The van der Waals surface area contributed by atoms with Crippen molar-refractivity contribution < 1.29 is 4.74 Å². The lowest BCUT2D eigenvalue weighted by Gasteiger charge is -2.60. The van der Waals surface area contributed by atoms with Crippen molar-refractivity contribution in [1.82, 2.24) is 0 Å². The Labute approximate surface area is 136 Å². The standard InChI is InChI=1S/C22H20O/c1-2-7-17(8-3-1)20-13-22(14-23-15-22)21(20)19-11-10-16-6-4-5-9-18(16)12-19/h1-12,20-21H,13-15H2. The molecule has 5 rings (SSSR count). The average molecular weight is 300 g/mol. The minimum absolute atomic E-state index is 0.378. The van der Waals surface area contributed by atoms with Crippen LogP contribution in [0.4, 0.5) is 0 Å². The van der Waals surface area contributed by atoms with Crippen molar-refractivity contribution >= 4 is 10.8 Å². The minimum Gasteiger partial charge on any atom is -0.380 e. The van der Waals surface area contributed by atoms with Gasteiger partial charge in [0, 0.05) is 11.3 Å². The van der Waals surface area contributed by atoms with Crippen LogP contribution >= 0.6 is 0 Å².